The second kappa shape index (κ2) is 9.37. The summed E-state index contributed by atoms with van der Waals surface area (Å²) in [4.78, 5) is 6.73. The molecule has 6 heteroatoms. The van der Waals surface area contributed by atoms with E-state index in [4.69, 9.17) is 9.47 Å². The van der Waals surface area contributed by atoms with Gasteiger partial charge in [0.1, 0.15) is 11.5 Å². The molecule has 1 fully saturated rings. The molecule has 1 unspecified atom stereocenters. The zero-order valence-corrected chi connectivity index (χ0v) is 15.3. The minimum absolute atomic E-state index is 0.431. The largest absolute Gasteiger partial charge is 0.497 e. The molecule has 1 aromatic rings. The molecule has 0 bridgehead atoms. The molecule has 0 aromatic heterocycles. The first-order chi connectivity index (χ1) is 11.7. The molecule has 134 valence electrons. The average Bonchev–Trinajstić information content (AvgIpc) is 3.04. The van der Waals surface area contributed by atoms with Gasteiger partial charge < -0.3 is 20.1 Å². The smallest absolute Gasteiger partial charge is 0.191 e. The lowest BCUT2D eigenvalue weighted by Crippen LogP contribution is -2.44. The van der Waals surface area contributed by atoms with Crippen LogP contribution in [0, 0.1) is 0 Å². The van der Waals surface area contributed by atoms with Gasteiger partial charge in [-0.3, -0.25) is 9.89 Å². The number of nitrogens with one attached hydrogen (secondary N) is 2. The number of rotatable bonds is 7. The summed E-state index contributed by atoms with van der Waals surface area (Å²) in [5, 5.41) is 6.84. The Morgan fingerprint density at radius 3 is 2.54 bits per heavy atom. The summed E-state index contributed by atoms with van der Waals surface area (Å²) in [6, 6.07) is 6.48. The third-order valence-corrected chi connectivity index (χ3v) is 4.20. The summed E-state index contributed by atoms with van der Waals surface area (Å²) in [5.41, 5.74) is 1.21. The van der Waals surface area contributed by atoms with Crippen molar-refractivity contribution in [3.63, 3.8) is 0 Å². The van der Waals surface area contributed by atoms with Crippen LogP contribution in [-0.2, 0) is 6.54 Å². The van der Waals surface area contributed by atoms with E-state index in [1.807, 2.05) is 13.1 Å². The first-order valence-electron chi connectivity index (χ1n) is 8.60. The van der Waals surface area contributed by atoms with Crippen LogP contribution >= 0.6 is 0 Å². The Labute approximate surface area is 145 Å². The average molecular weight is 334 g/mol. The maximum absolute atomic E-state index is 5.35. The lowest BCUT2D eigenvalue weighted by atomic mass is 10.2. The normalized spacial score (nSPS) is 18.5. The van der Waals surface area contributed by atoms with E-state index in [2.05, 4.69) is 39.6 Å². The molecule has 24 heavy (non-hydrogen) atoms. The molecule has 1 atom stereocenters. The van der Waals surface area contributed by atoms with Crippen molar-refractivity contribution in [2.75, 3.05) is 40.9 Å². The Balaban J connectivity index is 1.89. The minimum atomic E-state index is 0.431. The van der Waals surface area contributed by atoms with E-state index in [0.717, 1.165) is 56.5 Å². The van der Waals surface area contributed by atoms with Crippen LogP contribution in [0.1, 0.15) is 25.3 Å². The molecule has 1 aromatic carbocycles. The number of aliphatic imine (C=N–C) groups is 1. The Kier molecular flexibility index (Phi) is 7.18. The second-order valence-corrected chi connectivity index (χ2v) is 6.08. The van der Waals surface area contributed by atoms with Gasteiger partial charge in [0.25, 0.3) is 0 Å². The van der Waals surface area contributed by atoms with Gasteiger partial charge in [-0.15, -0.1) is 0 Å². The van der Waals surface area contributed by atoms with Crippen molar-refractivity contribution < 1.29 is 9.47 Å². The van der Waals surface area contributed by atoms with Crippen molar-refractivity contribution in [1.29, 1.82) is 0 Å². The maximum atomic E-state index is 5.35. The number of likely N-dealkylation sites (tertiary alicyclic amines) is 1. The van der Waals surface area contributed by atoms with Crippen LogP contribution in [0.5, 0.6) is 11.5 Å². The Hall–Kier alpha value is -1.95. The van der Waals surface area contributed by atoms with E-state index in [1.54, 1.807) is 14.2 Å². The van der Waals surface area contributed by atoms with Gasteiger partial charge in [-0.25, -0.2) is 0 Å². The van der Waals surface area contributed by atoms with Crippen molar-refractivity contribution in [3.05, 3.63) is 23.8 Å². The number of methoxy groups -OCH3 is 2. The molecule has 2 rings (SSSR count). The molecular formula is C18H30N4O2. The Bertz CT molecular complexity index is 526. The highest BCUT2D eigenvalue weighted by molar-refractivity contribution is 5.79. The molecular weight excluding hydrogens is 304 g/mol. The fourth-order valence-electron chi connectivity index (χ4n) is 2.94. The van der Waals surface area contributed by atoms with Crippen molar-refractivity contribution in [1.82, 2.24) is 15.5 Å². The fraction of sp³-hybridized carbons (Fsp3) is 0.611. The molecule has 0 spiro atoms. The molecule has 0 aliphatic carbocycles. The third-order valence-electron chi connectivity index (χ3n) is 4.20. The van der Waals surface area contributed by atoms with Crippen molar-refractivity contribution in [2.24, 2.45) is 4.99 Å². The summed E-state index contributed by atoms with van der Waals surface area (Å²) >= 11 is 0. The van der Waals surface area contributed by atoms with E-state index >= 15 is 0 Å². The lowest BCUT2D eigenvalue weighted by molar-refractivity contribution is 0.321. The first-order valence-corrected chi connectivity index (χ1v) is 8.60. The summed E-state index contributed by atoms with van der Waals surface area (Å²) in [5.74, 6) is 2.57. The van der Waals surface area contributed by atoms with E-state index in [9.17, 15) is 0 Å². The summed E-state index contributed by atoms with van der Waals surface area (Å²) in [7, 11) is 5.19. The highest BCUT2D eigenvalue weighted by Gasteiger charge is 2.23. The second-order valence-electron chi connectivity index (χ2n) is 6.08. The number of hydrogen-bond donors (Lipinski definition) is 2. The SMILES string of the molecule is CCCNC(=NC)NC1CCN(Cc2cc(OC)cc(OC)c2)C1. The van der Waals surface area contributed by atoms with Gasteiger partial charge in [-0.1, -0.05) is 6.92 Å². The van der Waals surface area contributed by atoms with Gasteiger partial charge in [0.15, 0.2) is 5.96 Å². The van der Waals surface area contributed by atoms with Gasteiger partial charge in [-0.05, 0) is 30.5 Å². The molecule has 0 saturated carbocycles. The number of ether oxygens (including phenoxy) is 2. The third kappa shape index (κ3) is 5.30. The Morgan fingerprint density at radius 1 is 1.25 bits per heavy atom. The van der Waals surface area contributed by atoms with Crippen LogP contribution in [0.2, 0.25) is 0 Å². The van der Waals surface area contributed by atoms with E-state index < -0.39 is 0 Å². The molecule has 1 aliphatic heterocycles. The maximum Gasteiger partial charge on any atom is 0.191 e. The monoisotopic (exact) mass is 334 g/mol. The zero-order chi connectivity index (χ0) is 17.4. The van der Waals surface area contributed by atoms with E-state index in [-0.39, 0.29) is 0 Å². The first kappa shape index (κ1) is 18.4. The van der Waals surface area contributed by atoms with Crippen LogP contribution in [0.25, 0.3) is 0 Å². The van der Waals surface area contributed by atoms with Crippen LogP contribution in [0.15, 0.2) is 23.2 Å². The molecule has 1 saturated heterocycles. The predicted molar refractivity (Wildman–Crippen MR) is 98.0 cm³/mol. The van der Waals surface area contributed by atoms with Crippen molar-refractivity contribution in [2.45, 2.75) is 32.4 Å². The predicted octanol–water partition coefficient (Wildman–Crippen LogP) is 1.85. The van der Waals surface area contributed by atoms with Gasteiger partial charge >= 0.3 is 0 Å². The minimum Gasteiger partial charge on any atom is -0.497 e. The van der Waals surface area contributed by atoms with Crippen LogP contribution < -0.4 is 20.1 Å². The van der Waals surface area contributed by atoms with Gasteiger partial charge in [0.2, 0.25) is 0 Å². The summed E-state index contributed by atoms with van der Waals surface area (Å²) in [6.07, 6.45) is 2.21. The van der Waals surface area contributed by atoms with Gasteiger partial charge in [-0.2, -0.15) is 0 Å². The molecule has 0 radical (unpaired) electrons. The Morgan fingerprint density at radius 2 is 1.96 bits per heavy atom. The highest BCUT2D eigenvalue weighted by Crippen LogP contribution is 2.24. The quantitative estimate of drug-likeness (QED) is 0.589. The van der Waals surface area contributed by atoms with Gasteiger partial charge in [0, 0.05) is 45.3 Å². The van der Waals surface area contributed by atoms with Crippen LogP contribution in [0.4, 0.5) is 0 Å². The number of hydrogen-bond acceptors (Lipinski definition) is 4. The van der Waals surface area contributed by atoms with E-state index in [1.165, 1.54) is 5.56 Å². The van der Waals surface area contributed by atoms with Crippen LogP contribution in [-0.4, -0.2) is 57.8 Å². The fourth-order valence-corrected chi connectivity index (χ4v) is 2.94. The van der Waals surface area contributed by atoms with Gasteiger partial charge in [0.05, 0.1) is 14.2 Å². The summed E-state index contributed by atoms with van der Waals surface area (Å²) in [6.45, 7) is 6.07. The zero-order valence-electron chi connectivity index (χ0n) is 15.3. The van der Waals surface area contributed by atoms with E-state index in [0.29, 0.717) is 6.04 Å². The molecule has 2 N–H and O–H groups in total. The van der Waals surface area contributed by atoms with Crippen molar-refractivity contribution >= 4 is 5.96 Å². The topological polar surface area (TPSA) is 58.1 Å². The standard InChI is InChI=1S/C18H30N4O2/c1-5-7-20-18(19-2)21-15-6-8-22(13-15)12-14-9-16(23-3)11-17(10-14)24-4/h9-11,15H,5-8,12-13H2,1-4H3,(H2,19,20,21). The molecule has 1 heterocycles. The molecule has 1 aliphatic rings. The molecule has 6 nitrogen and oxygen atoms in total. The number of guanidine groups is 1. The highest BCUT2D eigenvalue weighted by atomic mass is 16.5. The molecule has 0 amide bonds. The van der Waals surface area contributed by atoms with Crippen LogP contribution in [0.3, 0.4) is 0 Å². The summed E-state index contributed by atoms with van der Waals surface area (Å²) < 4.78 is 10.7. The number of benzene rings is 1. The number of nitrogens with zero attached hydrogens (tertiary/aromatic N) is 2. The lowest BCUT2D eigenvalue weighted by Gasteiger charge is -2.19. The van der Waals surface area contributed by atoms with Crippen molar-refractivity contribution in [3.8, 4) is 11.5 Å².